The summed E-state index contributed by atoms with van der Waals surface area (Å²) in [5.74, 6) is -0.480. The smallest absolute Gasteiger partial charge is 0.258 e. The Kier molecular flexibility index (Phi) is 10.0. The van der Waals surface area contributed by atoms with Gasteiger partial charge < -0.3 is 25.6 Å². The Morgan fingerprint density at radius 3 is 2.11 bits per heavy atom. The number of amides is 3. The van der Waals surface area contributed by atoms with Gasteiger partial charge in [0, 0.05) is 55.0 Å². The van der Waals surface area contributed by atoms with Crippen molar-refractivity contribution < 1.29 is 19.1 Å². The van der Waals surface area contributed by atoms with Crippen LogP contribution in [0.25, 0.3) is 0 Å². The summed E-state index contributed by atoms with van der Waals surface area (Å²) < 4.78 is 4.96. The van der Waals surface area contributed by atoms with Gasteiger partial charge in [-0.2, -0.15) is 0 Å². The minimum Gasteiger partial charge on any atom is -0.385 e. The standard InChI is InChI=1S/C28H32N4O4/c1-3-32(25-8-5-4-6-9-25)28(35)22-12-14-23(15-13-22)30-20-26(33)31-24-16-10-21(11-17-24)27(34)29-18-7-19-36-2/h4-6,8-17,30H,3,7,18-20H2,1-2H3,(H,29,34)(H,31,33). The maximum Gasteiger partial charge on any atom is 0.258 e. The minimum absolute atomic E-state index is 0.0557. The van der Waals surface area contributed by atoms with Crippen molar-refractivity contribution in [1.29, 1.82) is 0 Å². The lowest BCUT2D eigenvalue weighted by Gasteiger charge is -2.21. The number of ether oxygens (including phenoxy) is 1. The first-order chi connectivity index (χ1) is 17.5. The molecule has 0 saturated carbocycles. The number of hydrogen-bond donors (Lipinski definition) is 3. The van der Waals surface area contributed by atoms with Crippen molar-refractivity contribution in [1.82, 2.24) is 5.32 Å². The molecule has 0 unspecified atom stereocenters. The fraction of sp³-hybridized carbons (Fsp3) is 0.250. The Balaban J connectivity index is 1.47. The van der Waals surface area contributed by atoms with Crippen LogP contribution in [0.3, 0.4) is 0 Å². The number of hydrogen-bond acceptors (Lipinski definition) is 5. The molecule has 36 heavy (non-hydrogen) atoms. The summed E-state index contributed by atoms with van der Waals surface area (Å²) in [6.45, 7) is 3.68. The van der Waals surface area contributed by atoms with Crippen LogP contribution in [0.1, 0.15) is 34.1 Å². The van der Waals surface area contributed by atoms with Crippen LogP contribution in [0.2, 0.25) is 0 Å². The zero-order valence-electron chi connectivity index (χ0n) is 20.6. The van der Waals surface area contributed by atoms with Crippen LogP contribution in [0.4, 0.5) is 17.1 Å². The zero-order valence-corrected chi connectivity index (χ0v) is 20.6. The van der Waals surface area contributed by atoms with E-state index in [-0.39, 0.29) is 24.3 Å². The second kappa shape index (κ2) is 13.7. The molecule has 0 aliphatic carbocycles. The lowest BCUT2D eigenvalue weighted by atomic mass is 10.1. The number of carbonyl (C=O) groups is 3. The van der Waals surface area contributed by atoms with Crippen LogP contribution in [0.5, 0.6) is 0 Å². The number of para-hydroxylation sites is 1. The van der Waals surface area contributed by atoms with E-state index in [1.165, 1.54) is 0 Å². The van der Waals surface area contributed by atoms with Crippen LogP contribution in [-0.4, -0.2) is 51.1 Å². The van der Waals surface area contributed by atoms with E-state index in [0.717, 1.165) is 17.8 Å². The first-order valence-corrected chi connectivity index (χ1v) is 11.9. The van der Waals surface area contributed by atoms with Crippen molar-refractivity contribution in [2.75, 3.05) is 48.9 Å². The molecule has 0 heterocycles. The molecule has 0 saturated heterocycles. The van der Waals surface area contributed by atoms with E-state index in [1.54, 1.807) is 60.5 Å². The van der Waals surface area contributed by atoms with Crippen LogP contribution < -0.4 is 20.9 Å². The van der Waals surface area contributed by atoms with Crippen molar-refractivity contribution in [3.8, 4) is 0 Å². The summed E-state index contributed by atoms with van der Waals surface area (Å²) in [4.78, 5) is 39.1. The average molecular weight is 489 g/mol. The van der Waals surface area contributed by atoms with Gasteiger partial charge in [-0.3, -0.25) is 14.4 Å². The molecule has 0 aromatic heterocycles. The Labute approximate surface area is 211 Å². The third-order valence-corrected chi connectivity index (χ3v) is 5.46. The van der Waals surface area contributed by atoms with E-state index >= 15 is 0 Å². The molecule has 0 bridgehead atoms. The molecule has 0 atom stereocenters. The maximum atomic E-state index is 12.9. The Bertz CT molecular complexity index is 1130. The van der Waals surface area contributed by atoms with Crippen molar-refractivity contribution in [3.05, 3.63) is 90.0 Å². The fourth-order valence-electron chi connectivity index (χ4n) is 3.55. The molecule has 3 aromatic rings. The Morgan fingerprint density at radius 1 is 0.833 bits per heavy atom. The van der Waals surface area contributed by atoms with Gasteiger partial charge in [0.2, 0.25) is 5.91 Å². The van der Waals surface area contributed by atoms with Gasteiger partial charge >= 0.3 is 0 Å². The van der Waals surface area contributed by atoms with Crippen molar-refractivity contribution in [2.24, 2.45) is 0 Å². The van der Waals surface area contributed by atoms with E-state index in [4.69, 9.17) is 4.74 Å². The molecule has 0 spiro atoms. The molecule has 0 radical (unpaired) electrons. The summed E-state index contributed by atoms with van der Waals surface area (Å²) in [5.41, 5.74) is 3.26. The van der Waals surface area contributed by atoms with Gasteiger partial charge in [0.1, 0.15) is 0 Å². The van der Waals surface area contributed by atoms with E-state index in [9.17, 15) is 14.4 Å². The molecule has 3 amide bonds. The monoisotopic (exact) mass is 488 g/mol. The fourth-order valence-corrected chi connectivity index (χ4v) is 3.55. The third kappa shape index (κ3) is 7.68. The molecule has 8 nitrogen and oxygen atoms in total. The number of nitrogens with one attached hydrogen (secondary N) is 3. The normalized spacial score (nSPS) is 10.4. The van der Waals surface area contributed by atoms with Gasteiger partial charge in [-0.25, -0.2) is 0 Å². The predicted octanol–water partition coefficient (Wildman–Crippen LogP) is 4.17. The van der Waals surface area contributed by atoms with Gasteiger partial charge in [-0.1, -0.05) is 18.2 Å². The van der Waals surface area contributed by atoms with E-state index < -0.39 is 0 Å². The lowest BCUT2D eigenvalue weighted by Crippen LogP contribution is -2.30. The predicted molar refractivity (Wildman–Crippen MR) is 143 cm³/mol. The molecule has 3 aromatic carbocycles. The molecular weight excluding hydrogens is 456 g/mol. The van der Waals surface area contributed by atoms with Crippen molar-refractivity contribution in [3.63, 3.8) is 0 Å². The highest BCUT2D eigenvalue weighted by Crippen LogP contribution is 2.18. The molecule has 0 aliphatic heterocycles. The number of nitrogens with zero attached hydrogens (tertiary/aromatic N) is 1. The van der Waals surface area contributed by atoms with Crippen LogP contribution in [0, 0.1) is 0 Å². The molecular formula is C28H32N4O4. The minimum atomic E-state index is -0.229. The summed E-state index contributed by atoms with van der Waals surface area (Å²) in [6.07, 6.45) is 0.743. The highest BCUT2D eigenvalue weighted by atomic mass is 16.5. The van der Waals surface area contributed by atoms with Crippen LogP contribution in [0.15, 0.2) is 78.9 Å². The molecule has 8 heteroatoms. The van der Waals surface area contributed by atoms with E-state index in [1.807, 2.05) is 37.3 Å². The Morgan fingerprint density at radius 2 is 1.47 bits per heavy atom. The number of rotatable bonds is 12. The highest BCUT2D eigenvalue weighted by molar-refractivity contribution is 6.06. The van der Waals surface area contributed by atoms with Gasteiger partial charge in [0.25, 0.3) is 11.8 Å². The quantitative estimate of drug-likeness (QED) is 0.332. The van der Waals surface area contributed by atoms with Gasteiger partial charge in [0.15, 0.2) is 0 Å². The summed E-state index contributed by atoms with van der Waals surface area (Å²) in [7, 11) is 1.62. The first kappa shape index (κ1) is 26.4. The summed E-state index contributed by atoms with van der Waals surface area (Å²) >= 11 is 0. The highest BCUT2D eigenvalue weighted by Gasteiger charge is 2.15. The largest absolute Gasteiger partial charge is 0.385 e. The van der Waals surface area contributed by atoms with Crippen molar-refractivity contribution in [2.45, 2.75) is 13.3 Å². The molecule has 3 N–H and O–H groups in total. The second-order valence-corrected chi connectivity index (χ2v) is 8.04. The number of anilines is 3. The van der Waals surface area contributed by atoms with Crippen molar-refractivity contribution >= 4 is 34.8 Å². The Hall–Kier alpha value is -4.17. The molecule has 3 rings (SSSR count). The topological polar surface area (TPSA) is 99.8 Å². The van der Waals surface area contributed by atoms with E-state index in [2.05, 4.69) is 16.0 Å². The SMILES string of the molecule is CCN(C(=O)c1ccc(NCC(=O)Nc2ccc(C(=O)NCCCOC)cc2)cc1)c1ccccc1. The van der Waals surface area contributed by atoms with Crippen LogP contribution in [-0.2, 0) is 9.53 Å². The molecule has 0 fully saturated rings. The van der Waals surface area contributed by atoms with Crippen LogP contribution >= 0.6 is 0 Å². The van der Waals surface area contributed by atoms with Gasteiger partial charge in [0.05, 0.1) is 6.54 Å². The summed E-state index contributed by atoms with van der Waals surface area (Å²) in [6, 6.07) is 23.3. The van der Waals surface area contributed by atoms with E-state index in [0.29, 0.717) is 36.5 Å². The summed E-state index contributed by atoms with van der Waals surface area (Å²) in [5, 5.41) is 8.68. The van der Waals surface area contributed by atoms with Gasteiger partial charge in [-0.05, 0) is 74.0 Å². The third-order valence-electron chi connectivity index (χ3n) is 5.46. The lowest BCUT2D eigenvalue weighted by molar-refractivity contribution is -0.114. The number of benzene rings is 3. The molecule has 0 aliphatic rings. The average Bonchev–Trinajstić information content (AvgIpc) is 2.91. The second-order valence-electron chi connectivity index (χ2n) is 8.04. The maximum absolute atomic E-state index is 12.9. The number of methoxy groups -OCH3 is 1. The number of carbonyl (C=O) groups excluding carboxylic acids is 3. The van der Waals surface area contributed by atoms with Gasteiger partial charge in [-0.15, -0.1) is 0 Å². The molecule has 188 valence electrons. The first-order valence-electron chi connectivity index (χ1n) is 11.9. The zero-order chi connectivity index (χ0) is 25.8.